The van der Waals surface area contributed by atoms with E-state index in [1.807, 2.05) is 30.1 Å². The van der Waals surface area contributed by atoms with Gasteiger partial charge in [-0.2, -0.15) is 0 Å². The average Bonchev–Trinajstić information content (AvgIpc) is 2.35. The summed E-state index contributed by atoms with van der Waals surface area (Å²) in [6.45, 7) is 2.08. The second-order valence-corrected chi connectivity index (χ2v) is 2.80. The van der Waals surface area contributed by atoms with Gasteiger partial charge in [0.05, 0.1) is 0 Å². The minimum atomic E-state index is 1.06. The third kappa shape index (κ3) is 0.827. The third-order valence-electron chi connectivity index (χ3n) is 1.95. The molecule has 0 unspecified atom stereocenters. The Morgan fingerprint density at radius 2 is 2.27 bits per heavy atom. The molecular formula is C9H10N2. The summed E-state index contributed by atoms with van der Waals surface area (Å²) in [5, 5.41) is 0. The molecule has 0 aromatic carbocycles. The molecular weight excluding hydrogens is 136 g/mol. The van der Waals surface area contributed by atoms with E-state index in [4.69, 9.17) is 0 Å². The minimum absolute atomic E-state index is 1.06. The van der Waals surface area contributed by atoms with E-state index in [1.165, 1.54) is 11.1 Å². The first kappa shape index (κ1) is 6.40. The Bertz CT molecular complexity index is 349. The molecule has 0 radical (unpaired) electrons. The lowest BCUT2D eigenvalue weighted by Gasteiger charge is -2.04. The SMILES string of the molecule is Cc1cnc2n(C)cccc1-2. The molecule has 0 bridgehead atoms. The summed E-state index contributed by atoms with van der Waals surface area (Å²) in [6, 6.07) is 4.13. The van der Waals surface area contributed by atoms with Crippen LogP contribution >= 0.6 is 0 Å². The van der Waals surface area contributed by atoms with Gasteiger partial charge in [-0.05, 0) is 24.6 Å². The Kier molecular flexibility index (Phi) is 1.22. The van der Waals surface area contributed by atoms with E-state index in [0.717, 1.165) is 5.82 Å². The molecule has 2 heteroatoms. The number of aryl methyl sites for hydroxylation is 2. The Morgan fingerprint density at radius 3 is 3.00 bits per heavy atom. The van der Waals surface area contributed by atoms with Crippen LogP contribution in [0.4, 0.5) is 0 Å². The minimum Gasteiger partial charge on any atom is -0.336 e. The number of hydrogen-bond donors (Lipinski definition) is 0. The molecule has 0 fully saturated rings. The normalized spacial score (nSPS) is 10.7. The van der Waals surface area contributed by atoms with Crippen molar-refractivity contribution in [1.82, 2.24) is 9.55 Å². The largest absolute Gasteiger partial charge is 0.336 e. The molecule has 2 nitrogen and oxygen atoms in total. The summed E-state index contributed by atoms with van der Waals surface area (Å²) in [4.78, 5) is 4.28. The Morgan fingerprint density at radius 1 is 1.45 bits per heavy atom. The van der Waals surface area contributed by atoms with Crippen LogP contribution in [-0.4, -0.2) is 9.55 Å². The number of pyridine rings is 1. The fraction of sp³-hybridized carbons (Fsp3) is 0.222. The maximum absolute atomic E-state index is 4.28. The van der Waals surface area contributed by atoms with Crippen LogP contribution in [0, 0.1) is 6.92 Å². The molecule has 0 amide bonds. The van der Waals surface area contributed by atoms with Gasteiger partial charge in [0, 0.05) is 25.0 Å². The van der Waals surface area contributed by atoms with Crippen LogP contribution in [-0.2, 0) is 7.05 Å². The first-order valence-corrected chi connectivity index (χ1v) is 3.65. The van der Waals surface area contributed by atoms with Crippen molar-refractivity contribution in [3.63, 3.8) is 0 Å². The Balaban J connectivity index is 2.79. The summed E-state index contributed by atoms with van der Waals surface area (Å²) < 4.78 is 2.03. The zero-order chi connectivity index (χ0) is 7.84. The van der Waals surface area contributed by atoms with Gasteiger partial charge in [-0.3, -0.25) is 0 Å². The van der Waals surface area contributed by atoms with Gasteiger partial charge in [0.15, 0.2) is 0 Å². The molecule has 0 N–H and O–H groups in total. The summed E-state index contributed by atoms with van der Waals surface area (Å²) in [5.74, 6) is 1.06. The lowest BCUT2D eigenvalue weighted by Crippen LogP contribution is -1.95. The van der Waals surface area contributed by atoms with Crippen LogP contribution in [0.5, 0.6) is 0 Å². The predicted octanol–water partition coefficient (Wildman–Crippen LogP) is 1.83. The molecule has 0 aliphatic carbocycles. The summed E-state index contributed by atoms with van der Waals surface area (Å²) in [6.07, 6.45) is 3.92. The van der Waals surface area contributed by atoms with Gasteiger partial charge in [0.2, 0.25) is 0 Å². The van der Waals surface area contributed by atoms with E-state index >= 15 is 0 Å². The molecule has 0 saturated carbocycles. The molecule has 0 saturated heterocycles. The van der Waals surface area contributed by atoms with Crippen LogP contribution in [0.1, 0.15) is 5.56 Å². The van der Waals surface area contributed by atoms with Crippen molar-refractivity contribution >= 4 is 0 Å². The van der Waals surface area contributed by atoms with Crippen molar-refractivity contribution in [3.8, 4) is 11.4 Å². The van der Waals surface area contributed by atoms with Crippen LogP contribution < -0.4 is 0 Å². The predicted molar refractivity (Wildman–Crippen MR) is 44.6 cm³/mol. The maximum atomic E-state index is 4.28. The van der Waals surface area contributed by atoms with E-state index in [0.29, 0.717) is 0 Å². The van der Waals surface area contributed by atoms with Gasteiger partial charge in [0.25, 0.3) is 0 Å². The van der Waals surface area contributed by atoms with E-state index in [1.54, 1.807) is 0 Å². The van der Waals surface area contributed by atoms with Crippen LogP contribution in [0.2, 0.25) is 0 Å². The lowest BCUT2D eigenvalue weighted by atomic mass is 10.2. The smallest absolute Gasteiger partial charge is 0.139 e. The highest BCUT2D eigenvalue weighted by molar-refractivity contribution is 5.61. The Labute approximate surface area is 65.8 Å². The molecule has 2 heterocycles. The second-order valence-electron chi connectivity index (χ2n) is 2.80. The highest BCUT2D eigenvalue weighted by atomic mass is 15.0. The fourth-order valence-corrected chi connectivity index (χ4v) is 1.30. The lowest BCUT2D eigenvalue weighted by molar-refractivity contribution is 0.890. The van der Waals surface area contributed by atoms with Crippen molar-refractivity contribution in [2.45, 2.75) is 6.92 Å². The summed E-state index contributed by atoms with van der Waals surface area (Å²) >= 11 is 0. The van der Waals surface area contributed by atoms with Crippen molar-refractivity contribution < 1.29 is 0 Å². The molecule has 2 aliphatic heterocycles. The zero-order valence-electron chi connectivity index (χ0n) is 6.70. The van der Waals surface area contributed by atoms with Gasteiger partial charge in [0.1, 0.15) is 5.82 Å². The maximum Gasteiger partial charge on any atom is 0.139 e. The van der Waals surface area contributed by atoms with Crippen molar-refractivity contribution in [1.29, 1.82) is 0 Å². The topological polar surface area (TPSA) is 17.8 Å². The fourth-order valence-electron chi connectivity index (χ4n) is 1.30. The van der Waals surface area contributed by atoms with Gasteiger partial charge in [-0.25, -0.2) is 4.98 Å². The van der Waals surface area contributed by atoms with Gasteiger partial charge < -0.3 is 4.57 Å². The molecule has 2 aliphatic rings. The van der Waals surface area contributed by atoms with Crippen LogP contribution in [0.15, 0.2) is 24.5 Å². The average molecular weight is 146 g/mol. The number of rotatable bonds is 0. The molecule has 0 atom stereocenters. The number of hydrogen-bond acceptors (Lipinski definition) is 1. The molecule has 0 spiro atoms. The highest BCUT2D eigenvalue weighted by Crippen LogP contribution is 2.22. The molecule has 11 heavy (non-hydrogen) atoms. The van der Waals surface area contributed by atoms with E-state index in [-0.39, 0.29) is 0 Å². The monoisotopic (exact) mass is 146 g/mol. The molecule has 56 valence electrons. The van der Waals surface area contributed by atoms with Gasteiger partial charge >= 0.3 is 0 Å². The first-order chi connectivity index (χ1) is 5.29. The standard InChI is InChI=1S/C9H10N2/c1-7-6-10-9-8(7)4-3-5-11(9)2/h3-6H,1-2H3. The van der Waals surface area contributed by atoms with Gasteiger partial charge in [-0.15, -0.1) is 0 Å². The zero-order valence-corrected chi connectivity index (χ0v) is 6.70. The molecule has 0 aromatic heterocycles. The van der Waals surface area contributed by atoms with Crippen molar-refractivity contribution in [3.05, 3.63) is 30.1 Å². The van der Waals surface area contributed by atoms with E-state index in [9.17, 15) is 0 Å². The van der Waals surface area contributed by atoms with E-state index < -0.39 is 0 Å². The highest BCUT2D eigenvalue weighted by Gasteiger charge is 2.07. The van der Waals surface area contributed by atoms with Crippen molar-refractivity contribution in [2.24, 2.45) is 7.05 Å². The van der Waals surface area contributed by atoms with Crippen LogP contribution in [0.25, 0.3) is 11.4 Å². The summed E-state index contributed by atoms with van der Waals surface area (Å²) in [7, 11) is 2.01. The molecule has 0 aromatic rings. The Hall–Kier alpha value is -1.31. The first-order valence-electron chi connectivity index (χ1n) is 3.65. The molecule has 2 rings (SSSR count). The summed E-state index contributed by atoms with van der Waals surface area (Å²) in [5.41, 5.74) is 2.49. The number of aromatic nitrogens is 2. The number of nitrogens with zero attached hydrogens (tertiary/aromatic N) is 2. The quantitative estimate of drug-likeness (QED) is 0.554. The van der Waals surface area contributed by atoms with E-state index in [2.05, 4.69) is 18.0 Å². The third-order valence-corrected chi connectivity index (χ3v) is 1.95. The van der Waals surface area contributed by atoms with Gasteiger partial charge in [-0.1, -0.05) is 0 Å². The van der Waals surface area contributed by atoms with Crippen molar-refractivity contribution in [2.75, 3.05) is 0 Å². The van der Waals surface area contributed by atoms with Crippen LogP contribution in [0.3, 0.4) is 0 Å². The second kappa shape index (κ2) is 2.09. The number of fused-ring (bicyclic) bond motifs is 1.